The molecule has 6 nitrogen and oxygen atoms in total. The minimum atomic E-state index is -0.480. The van der Waals surface area contributed by atoms with Gasteiger partial charge in [0.2, 0.25) is 0 Å². The first kappa shape index (κ1) is 17.3. The number of amides is 2. The quantitative estimate of drug-likeness (QED) is 0.850. The van der Waals surface area contributed by atoms with E-state index in [1.807, 2.05) is 0 Å². The SMILES string of the molecule is O=C(NC(=Cc1ccc(Cl)cc1)C(=O)N1CCOCC1)c1ccco1. The lowest BCUT2D eigenvalue weighted by atomic mass is 10.1. The van der Waals surface area contributed by atoms with Crippen LogP contribution in [0.3, 0.4) is 0 Å². The van der Waals surface area contributed by atoms with Gasteiger partial charge in [0, 0.05) is 18.1 Å². The number of benzene rings is 1. The molecule has 1 aliphatic rings. The Labute approximate surface area is 150 Å². The molecule has 2 amide bonds. The number of hydrogen-bond acceptors (Lipinski definition) is 4. The second kappa shape index (κ2) is 8.00. The van der Waals surface area contributed by atoms with Gasteiger partial charge in [-0.3, -0.25) is 9.59 Å². The largest absolute Gasteiger partial charge is 0.459 e. The van der Waals surface area contributed by atoms with Gasteiger partial charge in [-0.05, 0) is 35.9 Å². The summed E-state index contributed by atoms with van der Waals surface area (Å²) < 4.78 is 10.4. The zero-order valence-corrected chi connectivity index (χ0v) is 14.2. The summed E-state index contributed by atoms with van der Waals surface area (Å²) in [6, 6.07) is 10.1. The third-order valence-electron chi connectivity index (χ3n) is 3.70. The molecular formula is C18H17ClN2O4. The van der Waals surface area contributed by atoms with E-state index in [-0.39, 0.29) is 17.4 Å². The molecule has 1 N–H and O–H groups in total. The molecular weight excluding hydrogens is 344 g/mol. The van der Waals surface area contributed by atoms with Crippen LogP contribution in [-0.2, 0) is 9.53 Å². The van der Waals surface area contributed by atoms with Crippen molar-refractivity contribution in [2.45, 2.75) is 0 Å². The Hall–Kier alpha value is -2.57. The Kier molecular flexibility index (Phi) is 5.53. The normalized spacial score (nSPS) is 15.1. The van der Waals surface area contributed by atoms with Crippen molar-refractivity contribution in [3.63, 3.8) is 0 Å². The van der Waals surface area contributed by atoms with Crippen LogP contribution in [0.25, 0.3) is 6.08 Å². The van der Waals surface area contributed by atoms with Crippen LogP contribution in [0.4, 0.5) is 0 Å². The average molecular weight is 361 g/mol. The molecule has 1 aliphatic heterocycles. The summed E-state index contributed by atoms with van der Waals surface area (Å²) in [6.45, 7) is 1.92. The molecule has 25 heavy (non-hydrogen) atoms. The molecule has 0 radical (unpaired) electrons. The highest BCUT2D eigenvalue weighted by molar-refractivity contribution is 6.30. The summed E-state index contributed by atoms with van der Waals surface area (Å²) in [5.74, 6) is -0.609. The maximum atomic E-state index is 12.8. The van der Waals surface area contributed by atoms with E-state index in [9.17, 15) is 9.59 Å². The van der Waals surface area contributed by atoms with Gasteiger partial charge in [0.25, 0.3) is 11.8 Å². The molecule has 0 aliphatic carbocycles. The number of furan rings is 1. The van der Waals surface area contributed by atoms with Gasteiger partial charge in [0.1, 0.15) is 5.70 Å². The summed E-state index contributed by atoms with van der Waals surface area (Å²) >= 11 is 5.89. The summed E-state index contributed by atoms with van der Waals surface area (Å²) in [6.07, 6.45) is 3.02. The highest BCUT2D eigenvalue weighted by atomic mass is 35.5. The molecule has 0 unspecified atom stereocenters. The third kappa shape index (κ3) is 4.49. The second-order valence-corrected chi connectivity index (χ2v) is 5.88. The zero-order valence-electron chi connectivity index (χ0n) is 13.4. The lowest BCUT2D eigenvalue weighted by Gasteiger charge is -2.27. The number of ether oxygens (including phenoxy) is 1. The monoisotopic (exact) mass is 360 g/mol. The first-order valence-corrected chi connectivity index (χ1v) is 8.20. The number of nitrogens with zero attached hydrogens (tertiary/aromatic N) is 1. The molecule has 1 saturated heterocycles. The molecule has 0 atom stereocenters. The van der Waals surface area contributed by atoms with Crippen LogP contribution in [0.2, 0.25) is 5.02 Å². The van der Waals surface area contributed by atoms with Crippen LogP contribution in [0, 0.1) is 0 Å². The fourth-order valence-corrected chi connectivity index (χ4v) is 2.53. The molecule has 2 heterocycles. The standard InChI is InChI=1S/C18H17ClN2O4/c19-14-5-3-13(4-6-14)12-15(18(23)21-7-10-24-11-8-21)20-17(22)16-2-1-9-25-16/h1-6,9,12H,7-8,10-11H2,(H,20,22). The fourth-order valence-electron chi connectivity index (χ4n) is 2.41. The van der Waals surface area contributed by atoms with E-state index < -0.39 is 5.91 Å². The number of carbonyl (C=O) groups is 2. The molecule has 130 valence electrons. The molecule has 2 aromatic rings. The Bertz CT molecular complexity index is 763. The van der Waals surface area contributed by atoms with Crippen molar-refractivity contribution in [3.8, 4) is 0 Å². The smallest absolute Gasteiger partial charge is 0.291 e. The maximum Gasteiger partial charge on any atom is 0.291 e. The molecule has 1 aromatic carbocycles. The van der Waals surface area contributed by atoms with Gasteiger partial charge < -0.3 is 19.4 Å². The van der Waals surface area contributed by atoms with E-state index in [1.165, 1.54) is 12.3 Å². The third-order valence-corrected chi connectivity index (χ3v) is 3.95. The Balaban J connectivity index is 1.85. The molecule has 1 fully saturated rings. The van der Waals surface area contributed by atoms with Gasteiger partial charge >= 0.3 is 0 Å². The first-order valence-electron chi connectivity index (χ1n) is 7.82. The van der Waals surface area contributed by atoms with Crippen LogP contribution < -0.4 is 5.32 Å². The zero-order chi connectivity index (χ0) is 17.6. The van der Waals surface area contributed by atoms with Crippen LogP contribution in [0.5, 0.6) is 0 Å². The minimum Gasteiger partial charge on any atom is -0.459 e. The predicted molar refractivity (Wildman–Crippen MR) is 93.0 cm³/mol. The topological polar surface area (TPSA) is 71.8 Å². The van der Waals surface area contributed by atoms with Gasteiger partial charge in [-0.2, -0.15) is 0 Å². The predicted octanol–water partition coefficient (Wildman–Crippen LogP) is 2.56. The highest BCUT2D eigenvalue weighted by Gasteiger charge is 2.23. The molecule has 0 saturated carbocycles. The van der Waals surface area contributed by atoms with E-state index in [2.05, 4.69) is 5.32 Å². The van der Waals surface area contributed by atoms with Crippen molar-refractivity contribution >= 4 is 29.5 Å². The lowest BCUT2D eigenvalue weighted by molar-refractivity contribution is -0.131. The van der Waals surface area contributed by atoms with Gasteiger partial charge in [-0.1, -0.05) is 23.7 Å². The van der Waals surface area contributed by atoms with Crippen LogP contribution in [0.1, 0.15) is 16.1 Å². The van der Waals surface area contributed by atoms with Gasteiger partial charge in [-0.25, -0.2) is 0 Å². The van der Waals surface area contributed by atoms with Crippen LogP contribution in [0.15, 0.2) is 52.8 Å². The summed E-state index contributed by atoms with van der Waals surface area (Å²) in [5.41, 5.74) is 0.923. The van der Waals surface area contributed by atoms with Crippen molar-refractivity contribution < 1.29 is 18.7 Å². The molecule has 7 heteroatoms. The van der Waals surface area contributed by atoms with Crippen molar-refractivity contribution in [2.75, 3.05) is 26.3 Å². The van der Waals surface area contributed by atoms with Crippen molar-refractivity contribution in [1.29, 1.82) is 0 Å². The fraction of sp³-hybridized carbons (Fsp3) is 0.222. The number of nitrogens with one attached hydrogen (secondary N) is 1. The van der Waals surface area contributed by atoms with Crippen LogP contribution in [-0.4, -0.2) is 43.0 Å². The highest BCUT2D eigenvalue weighted by Crippen LogP contribution is 2.14. The van der Waals surface area contributed by atoms with E-state index in [0.717, 1.165) is 5.56 Å². The average Bonchev–Trinajstić information content (AvgIpc) is 3.18. The van der Waals surface area contributed by atoms with Gasteiger partial charge in [-0.15, -0.1) is 0 Å². The van der Waals surface area contributed by atoms with Crippen LogP contribution >= 0.6 is 11.6 Å². The van der Waals surface area contributed by atoms with E-state index in [1.54, 1.807) is 41.3 Å². The van der Waals surface area contributed by atoms with E-state index in [4.69, 9.17) is 20.8 Å². The number of morpholine rings is 1. The number of hydrogen-bond donors (Lipinski definition) is 1. The first-order chi connectivity index (χ1) is 12.1. The van der Waals surface area contributed by atoms with Gasteiger partial charge in [0.15, 0.2) is 5.76 Å². The Morgan fingerprint density at radius 2 is 1.84 bits per heavy atom. The van der Waals surface area contributed by atoms with Crippen molar-refractivity contribution in [1.82, 2.24) is 10.2 Å². The summed E-state index contributed by atoms with van der Waals surface area (Å²) in [7, 11) is 0. The Morgan fingerprint density at radius 1 is 1.12 bits per heavy atom. The van der Waals surface area contributed by atoms with Crippen molar-refractivity contribution in [3.05, 3.63) is 64.7 Å². The number of rotatable bonds is 4. The molecule has 0 spiro atoms. The molecule has 0 bridgehead atoms. The number of carbonyl (C=O) groups excluding carboxylic acids is 2. The summed E-state index contributed by atoms with van der Waals surface area (Å²) in [4.78, 5) is 26.7. The maximum absolute atomic E-state index is 12.8. The van der Waals surface area contributed by atoms with Gasteiger partial charge in [0.05, 0.1) is 19.5 Å². The van der Waals surface area contributed by atoms with Crippen molar-refractivity contribution in [2.24, 2.45) is 0 Å². The summed E-state index contributed by atoms with van der Waals surface area (Å²) in [5, 5.41) is 3.24. The molecule has 3 rings (SSSR count). The molecule has 1 aromatic heterocycles. The number of halogens is 1. The lowest BCUT2D eigenvalue weighted by Crippen LogP contribution is -2.44. The Morgan fingerprint density at radius 3 is 2.48 bits per heavy atom. The van der Waals surface area contributed by atoms with E-state index in [0.29, 0.717) is 31.3 Å². The minimum absolute atomic E-state index is 0.136. The second-order valence-electron chi connectivity index (χ2n) is 5.45. The van der Waals surface area contributed by atoms with E-state index >= 15 is 0 Å².